The number of nitrogens with two attached hydrogens (primary N) is 1. The monoisotopic (exact) mass is 558 g/mol. The van der Waals surface area contributed by atoms with E-state index in [1.807, 2.05) is 17.0 Å². The number of fused-ring (bicyclic) bond motifs is 1. The van der Waals surface area contributed by atoms with Crippen LogP contribution in [0.1, 0.15) is 42.9 Å². The zero-order valence-corrected chi connectivity index (χ0v) is 23.1. The van der Waals surface area contributed by atoms with E-state index in [4.69, 9.17) is 31.8 Å². The molecule has 1 aliphatic heterocycles. The summed E-state index contributed by atoms with van der Waals surface area (Å²) in [4.78, 5) is 6.85. The fourth-order valence-electron chi connectivity index (χ4n) is 4.51. The average molecular weight is 559 g/mol. The zero-order chi connectivity index (χ0) is 27.4. The highest BCUT2D eigenvalue weighted by Crippen LogP contribution is 2.44. The smallest absolute Gasteiger partial charge is 0.210 e. The van der Waals surface area contributed by atoms with E-state index >= 15 is 4.39 Å². The maximum Gasteiger partial charge on any atom is 0.210 e. The normalized spacial score (nSPS) is 15.0. The van der Waals surface area contributed by atoms with E-state index in [2.05, 4.69) is 6.92 Å². The number of nitriles is 1. The van der Waals surface area contributed by atoms with Gasteiger partial charge >= 0.3 is 0 Å². The first kappa shape index (κ1) is 27.8. The van der Waals surface area contributed by atoms with Gasteiger partial charge in [0, 0.05) is 36.2 Å². The minimum atomic E-state index is -0.579. The number of rotatable bonds is 6. The van der Waals surface area contributed by atoms with Crippen LogP contribution in [0, 0.1) is 29.9 Å². The average Bonchev–Trinajstić information content (AvgIpc) is 3.05. The number of amidine groups is 1. The fraction of sp³-hybridized carbons (Fsp3) is 0.357. The highest BCUT2D eigenvalue weighted by Gasteiger charge is 2.26. The summed E-state index contributed by atoms with van der Waals surface area (Å²) in [6.07, 6.45) is 4.39. The fourth-order valence-corrected chi connectivity index (χ4v) is 5.75. The first-order valence-electron chi connectivity index (χ1n) is 12.4. The maximum absolute atomic E-state index is 16.3. The standard InChI is InChI=1S/C28H29ClF2N4O2S/c1-4-5-7-22(36-3)34-28(35-10-6-12-37-13-11-35)18-14-20(29)24(25(31)16(18)2)17-8-9-21(30)26-23(17)19(15-32)27(33)38-26/h7-9,14H,4-6,10-13,33H2,1-3H3/b22-7-,34-28+. The lowest BCUT2D eigenvalue weighted by molar-refractivity contribution is 0.147. The van der Waals surface area contributed by atoms with Gasteiger partial charge in [0.05, 0.1) is 29.0 Å². The molecule has 0 atom stereocenters. The van der Waals surface area contributed by atoms with Crippen molar-refractivity contribution in [2.45, 2.75) is 33.1 Å². The van der Waals surface area contributed by atoms with E-state index in [0.29, 0.717) is 54.7 Å². The molecule has 0 aliphatic carbocycles. The summed E-state index contributed by atoms with van der Waals surface area (Å²) in [5.41, 5.74) is 7.32. The minimum absolute atomic E-state index is 0.0826. The number of aliphatic imine (C=N–C) groups is 1. The SMILES string of the molecule is CCC/C=C(/N=C(\c1cc(Cl)c(-c2ccc(F)c3sc(N)c(C#N)c23)c(F)c1C)N1CCCOCC1)OC. The third kappa shape index (κ3) is 5.35. The largest absolute Gasteiger partial charge is 0.481 e. The van der Waals surface area contributed by atoms with Crippen LogP contribution < -0.4 is 5.73 Å². The quantitative estimate of drug-likeness (QED) is 0.200. The summed E-state index contributed by atoms with van der Waals surface area (Å²) < 4.78 is 42.2. The topological polar surface area (TPSA) is 83.9 Å². The third-order valence-corrected chi connectivity index (χ3v) is 7.78. The molecule has 0 spiro atoms. The van der Waals surface area contributed by atoms with Crippen LogP contribution in [-0.4, -0.2) is 44.1 Å². The van der Waals surface area contributed by atoms with Gasteiger partial charge in [-0.15, -0.1) is 11.3 Å². The molecular formula is C28H29ClF2N4O2S. The Balaban J connectivity index is 1.94. The first-order chi connectivity index (χ1) is 18.3. The van der Waals surface area contributed by atoms with Gasteiger partial charge in [-0.2, -0.15) is 10.3 Å². The highest BCUT2D eigenvalue weighted by atomic mass is 35.5. The number of thiophene rings is 1. The predicted molar refractivity (Wildman–Crippen MR) is 150 cm³/mol. The van der Waals surface area contributed by atoms with E-state index in [-0.39, 0.29) is 31.2 Å². The van der Waals surface area contributed by atoms with Crippen molar-refractivity contribution in [3.05, 3.63) is 63.5 Å². The zero-order valence-electron chi connectivity index (χ0n) is 21.5. The van der Waals surface area contributed by atoms with Gasteiger partial charge in [-0.25, -0.2) is 8.78 Å². The maximum atomic E-state index is 16.3. The molecule has 10 heteroatoms. The van der Waals surface area contributed by atoms with Gasteiger partial charge in [0.25, 0.3) is 0 Å². The Morgan fingerprint density at radius 2 is 2.13 bits per heavy atom. The summed E-state index contributed by atoms with van der Waals surface area (Å²) in [6, 6.07) is 6.37. The molecule has 0 saturated carbocycles. The molecule has 2 aromatic carbocycles. The number of halogens is 3. The number of unbranched alkanes of at least 4 members (excludes halogenated alkanes) is 1. The molecule has 1 aliphatic rings. The Bertz CT molecular complexity index is 1450. The van der Waals surface area contributed by atoms with E-state index in [0.717, 1.165) is 30.6 Å². The Morgan fingerprint density at radius 1 is 1.34 bits per heavy atom. The van der Waals surface area contributed by atoms with Crippen molar-refractivity contribution in [1.82, 2.24) is 4.90 Å². The van der Waals surface area contributed by atoms with Gasteiger partial charge < -0.3 is 20.1 Å². The van der Waals surface area contributed by atoms with Crippen LogP contribution in [0.4, 0.5) is 13.8 Å². The second kappa shape index (κ2) is 12.1. The van der Waals surface area contributed by atoms with E-state index in [1.165, 1.54) is 12.1 Å². The van der Waals surface area contributed by atoms with Crippen LogP contribution in [0.15, 0.2) is 35.2 Å². The molecule has 200 valence electrons. The summed E-state index contributed by atoms with van der Waals surface area (Å²) in [7, 11) is 1.55. The molecule has 0 radical (unpaired) electrons. The van der Waals surface area contributed by atoms with Crippen molar-refractivity contribution in [2.24, 2.45) is 4.99 Å². The number of nitrogens with zero attached hydrogens (tertiary/aromatic N) is 3. The molecule has 0 bridgehead atoms. The molecule has 3 aromatic rings. The molecule has 0 unspecified atom stereocenters. The second-order valence-electron chi connectivity index (χ2n) is 8.90. The van der Waals surface area contributed by atoms with Crippen LogP contribution in [0.25, 0.3) is 21.2 Å². The van der Waals surface area contributed by atoms with Crippen LogP contribution in [0.2, 0.25) is 5.02 Å². The van der Waals surface area contributed by atoms with Crippen LogP contribution in [0.3, 0.4) is 0 Å². The van der Waals surface area contributed by atoms with Crippen LogP contribution in [-0.2, 0) is 9.47 Å². The molecule has 2 heterocycles. The van der Waals surface area contributed by atoms with Crippen molar-refractivity contribution < 1.29 is 18.3 Å². The van der Waals surface area contributed by atoms with Gasteiger partial charge in [0.2, 0.25) is 5.88 Å². The Kier molecular flexibility index (Phi) is 8.87. The molecule has 6 nitrogen and oxygen atoms in total. The van der Waals surface area contributed by atoms with Gasteiger partial charge in [-0.05, 0) is 49.1 Å². The summed E-state index contributed by atoms with van der Waals surface area (Å²) in [5, 5.41) is 10.2. The Labute approximate surface area is 229 Å². The molecule has 1 aromatic heterocycles. The number of hydrogen-bond donors (Lipinski definition) is 1. The number of allylic oxidation sites excluding steroid dienone is 1. The summed E-state index contributed by atoms with van der Waals surface area (Å²) in [6.45, 7) is 6.10. The Hall–Kier alpha value is -3.19. The van der Waals surface area contributed by atoms with Gasteiger partial charge in [0.1, 0.15) is 28.5 Å². The molecular weight excluding hydrogens is 530 g/mol. The first-order valence-corrected chi connectivity index (χ1v) is 13.6. The predicted octanol–water partition coefficient (Wildman–Crippen LogP) is 7.02. The number of anilines is 1. The lowest BCUT2D eigenvalue weighted by Crippen LogP contribution is -2.35. The summed E-state index contributed by atoms with van der Waals surface area (Å²) >= 11 is 7.72. The molecule has 4 rings (SSSR count). The lowest BCUT2D eigenvalue weighted by Gasteiger charge is -2.26. The number of benzene rings is 2. The van der Waals surface area contributed by atoms with Crippen molar-refractivity contribution in [2.75, 3.05) is 39.1 Å². The van der Waals surface area contributed by atoms with Gasteiger partial charge in [-0.3, -0.25) is 0 Å². The van der Waals surface area contributed by atoms with Crippen molar-refractivity contribution >= 4 is 43.9 Å². The van der Waals surface area contributed by atoms with Crippen molar-refractivity contribution in [3.63, 3.8) is 0 Å². The van der Waals surface area contributed by atoms with Crippen molar-refractivity contribution in [3.8, 4) is 17.2 Å². The van der Waals surface area contributed by atoms with E-state index in [1.54, 1.807) is 20.1 Å². The van der Waals surface area contributed by atoms with Gasteiger partial charge in [-0.1, -0.05) is 31.0 Å². The number of hydrogen-bond acceptors (Lipinski definition) is 6. The van der Waals surface area contributed by atoms with E-state index < -0.39 is 11.6 Å². The minimum Gasteiger partial charge on any atom is -0.481 e. The molecule has 0 amide bonds. The molecule has 2 N–H and O–H groups in total. The number of nitrogen functional groups attached to an aromatic ring is 1. The molecule has 1 saturated heterocycles. The van der Waals surface area contributed by atoms with Crippen LogP contribution >= 0.6 is 22.9 Å². The molecule has 1 fully saturated rings. The lowest BCUT2D eigenvalue weighted by atomic mass is 9.94. The second-order valence-corrected chi connectivity index (χ2v) is 10.4. The number of methoxy groups -OCH3 is 1. The molecule has 38 heavy (non-hydrogen) atoms. The number of ether oxygens (including phenoxy) is 2. The Morgan fingerprint density at radius 3 is 2.84 bits per heavy atom. The summed E-state index contributed by atoms with van der Waals surface area (Å²) in [5.74, 6) is -0.147. The van der Waals surface area contributed by atoms with Crippen LogP contribution in [0.5, 0.6) is 0 Å². The third-order valence-electron chi connectivity index (χ3n) is 6.46. The van der Waals surface area contributed by atoms with E-state index in [9.17, 15) is 9.65 Å². The van der Waals surface area contributed by atoms with Gasteiger partial charge in [0.15, 0.2) is 0 Å². The highest BCUT2D eigenvalue weighted by molar-refractivity contribution is 7.23. The van der Waals surface area contributed by atoms with Crippen molar-refractivity contribution in [1.29, 1.82) is 5.26 Å².